The van der Waals surface area contributed by atoms with Crippen molar-refractivity contribution >= 4 is 0 Å². The highest BCUT2D eigenvalue weighted by atomic mass is 19.1. The summed E-state index contributed by atoms with van der Waals surface area (Å²) in [4.78, 5) is 0. The lowest BCUT2D eigenvalue weighted by Crippen LogP contribution is -2.15. The molecule has 0 bridgehead atoms. The number of rotatable bonds is 5. The predicted octanol–water partition coefficient (Wildman–Crippen LogP) is 3.40. The summed E-state index contributed by atoms with van der Waals surface area (Å²) >= 11 is 0. The van der Waals surface area contributed by atoms with Crippen LogP contribution in [0, 0.1) is 17.5 Å². The second-order valence-electron chi connectivity index (χ2n) is 4.27. The zero-order valence-corrected chi connectivity index (χ0v) is 10.9. The van der Waals surface area contributed by atoms with Crippen molar-refractivity contribution < 1.29 is 17.9 Å². The Hall–Kier alpha value is -2.01. The largest absolute Gasteiger partial charge is 0.494 e. The molecule has 0 aromatic heterocycles. The summed E-state index contributed by atoms with van der Waals surface area (Å²) in [6.45, 7) is 0.305. The van der Waals surface area contributed by atoms with Gasteiger partial charge >= 0.3 is 0 Å². The Morgan fingerprint density at radius 3 is 2.50 bits per heavy atom. The minimum absolute atomic E-state index is 0.111. The fraction of sp³-hybridized carbons (Fsp3) is 0.200. The van der Waals surface area contributed by atoms with Gasteiger partial charge in [-0.3, -0.25) is 0 Å². The number of ether oxygens (including phenoxy) is 1. The van der Waals surface area contributed by atoms with Crippen molar-refractivity contribution in [2.45, 2.75) is 13.1 Å². The molecule has 2 nitrogen and oxygen atoms in total. The van der Waals surface area contributed by atoms with E-state index >= 15 is 0 Å². The number of nitrogens with one attached hydrogen (secondary N) is 1. The van der Waals surface area contributed by atoms with Crippen molar-refractivity contribution in [3.63, 3.8) is 0 Å². The second-order valence-corrected chi connectivity index (χ2v) is 4.27. The Morgan fingerprint density at radius 2 is 1.75 bits per heavy atom. The molecule has 2 aromatic carbocycles. The molecule has 0 unspecified atom stereocenters. The first-order chi connectivity index (χ1) is 9.61. The lowest BCUT2D eigenvalue weighted by atomic mass is 10.1. The van der Waals surface area contributed by atoms with Gasteiger partial charge in [0.15, 0.2) is 11.6 Å². The highest BCUT2D eigenvalue weighted by Crippen LogP contribution is 2.19. The third-order valence-electron chi connectivity index (χ3n) is 2.90. The fourth-order valence-electron chi connectivity index (χ4n) is 1.86. The Morgan fingerprint density at radius 1 is 1.00 bits per heavy atom. The third kappa shape index (κ3) is 3.30. The van der Waals surface area contributed by atoms with Crippen LogP contribution in [0.3, 0.4) is 0 Å². The molecule has 106 valence electrons. The third-order valence-corrected chi connectivity index (χ3v) is 2.90. The maximum absolute atomic E-state index is 13.8. The van der Waals surface area contributed by atoms with Gasteiger partial charge in [-0.2, -0.15) is 0 Å². The quantitative estimate of drug-likeness (QED) is 0.907. The summed E-state index contributed by atoms with van der Waals surface area (Å²) in [5.41, 5.74) is 0.606. The minimum atomic E-state index is -0.504. The van der Waals surface area contributed by atoms with E-state index in [1.807, 2.05) is 0 Å². The Bertz CT molecular complexity index is 602. The predicted molar refractivity (Wildman–Crippen MR) is 69.9 cm³/mol. The van der Waals surface area contributed by atoms with E-state index in [9.17, 15) is 13.2 Å². The van der Waals surface area contributed by atoms with Crippen LogP contribution in [-0.4, -0.2) is 7.11 Å². The number of benzene rings is 2. The number of hydrogen-bond acceptors (Lipinski definition) is 2. The summed E-state index contributed by atoms with van der Waals surface area (Å²) in [5, 5.41) is 2.88. The molecule has 1 N–H and O–H groups in total. The molecule has 0 heterocycles. The van der Waals surface area contributed by atoms with Crippen LogP contribution in [0.5, 0.6) is 5.75 Å². The van der Waals surface area contributed by atoms with Crippen LogP contribution in [0.4, 0.5) is 13.2 Å². The smallest absolute Gasteiger partial charge is 0.169 e. The molecule has 0 atom stereocenters. The standard InChI is InChI=1S/C15H14F3NO/c1-20-14-4-2-3-10(15(14)18)8-19-9-11-7-12(16)5-6-13(11)17/h2-7,19H,8-9H2,1H3. The van der Waals surface area contributed by atoms with Crippen molar-refractivity contribution in [1.29, 1.82) is 0 Å². The van der Waals surface area contributed by atoms with Crippen LogP contribution < -0.4 is 10.1 Å². The summed E-state index contributed by atoms with van der Waals surface area (Å²) in [6, 6.07) is 8.03. The topological polar surface area (TPSA) is 21.3 Å². The van der Waals surface area contributed by atoms with Gasteiger partial charge < -0.3 is 10.1 Å². The molecule has 0 saturated carbocycles. The van der Waals surface area contributed by atoms with Crippen molar-refractivity contribution in [3.8, 4) is 5.75 Å². The molecule has 0 aliphatic rings. The minimum Gasteiger partial charge on any atom is -0.494 e. The zero-order valence-electron chi connectivity index (χ0n) is 10.9. The number of halogens is 3. The summed E-state index contributed by atoms with van der Waals surface area (Å²) in [5.74, 6) is -1.30. The number of hydrogen-bond donors (Lipinski definition) is 1. The fourth-order valence-corrected chi connectivity index (χ4v) is 1.86. The Balaban J connectivity index is 2.01. The second kappa shape index (κ2) is 6.43. The van der Waals surface area contributed by atoms with Gasteiger partial charge in [0.25, 0.3) is 0 Å². The molecule has 0 saturated heterocycles. The van der Waals surface area contributed by atoms with Crippen LogP contribution in [-0.2, 0) is 13.1 Å². The van der Waals surface area contributed by atoms with Gasteiger partial charge in [-0.05, 0) is 24.3 Å². The molecule has 0 amide bonds. The van der Waals surface area contributed by atoms with Crippen molar-refractivity contribution in [1.82, 2.24) is 5.32 Å². The van der Waals surface area contributed by atoms with Gasteiger partial charge in [-0.1, -0.05) is 12.1 Å². The maximum atomic E-state index is 13.8. The first-order valence-corrected chi connectivity index (χ1v) is 6.08. The molecule has 0 fully saturated rings. The van der Waals surface area contributed by atoms with E-state index in [4.69, 9.17) is 4.74 Å². The molecule has 0 aliphatic heterocycles. The molecular weight excluding hydrogens is 267 g/mol. The SMILES string of the molecule is COc1cccc(CNCc2cc(F)ccc2F)c1F. The molecule has 5 heteroatoms. The Kier molecular flexibility index (Phi) is 4.63. The van der Waals surface area contributed by atoms with E-state index < -0.39 is 17.5 Å². The van der Waals surface area contributed by atoms with Crippen molar-refractivity contribution in [2.75, 3.05) is 7.11 Å². The van der Waals surface area contributed by atoms with Gasteiger partial charge in [-0.25, -0.2) is 13.2 Å². The lowest BCUT2D eigenvalue weighted by Gasteiger charge is -2.09. The van der Waals surface area contributed by atoms with Crippen LogP contribution in [0.25, 0.3) is 0 Å². The molecule has 2 rings (SSSR count). The Labute approximate surface area is 115 Å². The van der Waals surface area contributed by atoms with E-state index in [0.29, 0.717) is 5.56 Å². The molecule has 20 heavy (non-hydrogen) atoms. The van der Waals surface area contributed by atoms with E-state index in [0.717, 1.165) is 18.2 Å². The average Bonchev–Trinajstić information content (AvgIpc) is 2.44. The van der Waals surface area contributed by atoms with Crippen LogP contribution in [0.15, 0.2) is 36.4 Å². The highest BCUT2D eigenvalue weighted by Gasteiger charge is 2.08. The monoisotopic (exact) mass is 281 g/mol. The van der Waals surface area contributed by atoms with E-state index in [2.05, 4.69) is 5.32 Å². The van der Waals surface area contributed by atoms with Crippen LogP contribution in [0.2, 0.25) is 0 Å². The van der Waals surface area contributed by atoms with Crippen molar-refractivity contribution in [2.24, 2.45) is 0 Å². The summed E-state index contributed by atoms with van der Waals surface area (Å²) in [6.07, 6.45) is 0. The number of methoxy groups -OCH3 is 1. The van der Waals surface area contributed by atoms with Gasteiger partial charge in [0.05, 0.1) is 7.11 Å². The first kappa shape index (κ1) is 14.4. The van der Waals surface area contributed by atoms with Gasteiger partial charge in [0, 0.05) is 24.2 Å². The first-order valence-electron chi connectivity index (χ1n) is 6.08. The van der Waals surface area contributed by atoms with Crippen LogP contribution >= 0.6 is 0 Å². The van der Waals surface area contributed by atoms with Gasteiger partial charge in [-0.15, -0.1) is 0 Å². The molecule has 0 aliphatic carbocycles. The lowest BCUT2D eigenvalue weighted by molar-refractivity contribution is 0.383. The average molecular weight is 281 g/mol. The highest BCUT2D eigenvalue weighted by molar-refractivity contribution is 5.31. The molecular formula is C15H14F3NO. The van der Waals surface area contributed by atoms with Gasteiger partial charge in [0.1, 0.15) is 11.6 Å². The van der Waals surface area contributed by atoms with Gasteiger partial charge in [0.2, 0.25) is 0 Å². The maximum Gasteiger partial charge on any atom is 0.169 e. The summed E-state index contributed by atoms with van der Waals surface area (Å²) in [7, 11) is 1.39. The normalized spacial score (nSPS) is 10.6. The molecule has 0 spiro atoms. The zero-order chi connectivity index (χ0) is 14.5. The molecule has 2 aromatic rings. The van der Waals surface area contributed by atoms with Crippen molar-refractivity contribution in [3.05, 3.63) is 65.0 Å². The van der Waals surface area contributed by atoms with E-state index in [-0.39, 0.29) is 24.4 Å². The van der Waals surface area contributed by atoms with Crippen LogP contribution in [0.1, 0.15) is 11.1 Å². The molecule has 0 radical (unpaired) electrons. The van der Waals surface area contributed by atoms with E-state index in [1.165, 1.54) is 13.2 Å². The van der Waals surface area contributed by atoms with E-state index in [1.54, 1.807) is 12.1 Å². The summed E-state index contributed by atoms with van der Waals surface area (Å²) < 4.78 is 45.1.